The van der Waals surface area contributed by atoms with Gasteiger partial charge in [0.25, 0.3) is 0 Å². The van der Waals surface area contributed by atoms with Crippen LogP contribution in [0.15, 0.2) is 25.0 Å². The number of carboxylic acid groups (broad SMARTS) is 1. The van der Waals surface area contributed by atoms with Crippen LogP contribution in [0.1, 0.15) is 169 Å². The Morgan fingerprint density at radius 2 is 0.855 bits per heavy atom. The van der Waals surface area contributed by atoms with Gasteiger partial charge in [0.2, 0.25) is 100 Å². The fraction of sp³-hybridized carbons (Fsp3) is 0.671. The molecule has 1 aliphatic heterocycles. The molecule has 16 atom stereocenters. The first-order chi connectivity index (χ1) is 62.0. The van der Waals surface area contributed by atoms with Gasteiger partial charge in [-0.3, -0.25) is 86.3 Å². The Balaban J connectivity index is 1.81. The quantitative estimate of drug-likeness (QED) is 0.0127. The lowest BCUT2D eigenvalue weighted by Gasteiger charge is -2.31. The zero-order valence-electron chi connectivity index (χ0n) is 74.1. The first-order valence-corrected chi connectivity index (χ1v) is 45.3. The number of carbonyl (C=O) groups excluding carboxylic acids is 19. The van der Waals surface area contributed by atoms with Gasteiger partial charge in [-0.2, -0.15) is 50.5 Å². The number of aromatic amines is 2. The highest BCUT2D eigenvalue weighted by Gasteiger charge is 2.43. The number of H-pyrrole nitrogens is 2. The predicted molar refractivity (Wildman–Crippen MR) is 481 cm³/mol. The van der Waals surface area contributed by atoms with Crippen LogP contribution in [-0.2, 0) is 119 Å². The molecule has 0 aliphatic carbocycles. The number of amides is 17. The lowest BCUT2D eigenvalue weighted by atomic mass is 10.0. The Bertz CT molecular complexity index is 4140. The number of nitrogens with zero attached hydrogens (tertiary/aromatic N) is 3. The Hall–Kier alpha value is -10.9. The summed E-state index contributed by atoms with van der Waals surface area (Å²) in [5, 5.41) is 64.2. The number of aliphatic carboxylic acids is 1. The zero-order chi connectivity index (χ0) is 98.3. The zero-order valence-corrected chi connectivity index (χ0v) is 77.7. The highest BCUT2D eigenvalue weighted by atomic mass is 32.1. The lowest BCUT2D eigenvalue weighted by Crippen LogP contribution is -2.62. The van der Waals surface area contributed by atoms with Gasteiger partial charge in [0.1, 0.15) is 90.6 Å². The molecule has 48 nitrogen and oxygen atoms in total. The van der Waals surface area contributed by atoms with E-state index < -0.39 is 290 Å². The van der Waals surface area contributed by atoms with Crippen LogP contribution in [0.2, 0.25) is 0 Å². The van der Waals surface area contributed by atoms with Crippen LogP contribution in [0.4, 0.5) is 0 Å². The van der Waals surface area contributed by atoms with Crippen LogP contribution in [0, 0.1) is 17.8 Å². The van der Waals surface area contributed by atoms with Crippen molar-refractivity contribution in [3.63, 3.8) is 0 Å². The molecule has 17 amide bonds. The summed E-state index contributed by atoms with van der Waals surface area (Å²) >= 11 is 16.5. The van der Waals surface area contributed by atoms with Crippen molar-refractivity contribution in [2.24, 2.45) is 40.7 Å². The topological polar surface area (TPSA) is 754 Å². The van der Waals surface area contributed by atoms with E-state index in [9.17, 15) is 111 Å². The molecule has 1 unspecified atom stereocenters. The third kappa shape index (κ3) is 41.6. The molecule has 3 heterocycles. The van der Waals surface area contributed by atoms with E-state index in [-0.39, 0.29) is 67.5 Å². The van der Waals surface area contributed by atoms with Crippen molar-refractivity contribution < 1.29 is 121 Å². The smallest absolute Gasteiger partial charge is 0.377 e. The van der Waals surface area contributed by atoms with Gasteiger partial charge < -0.3 is 128 Å². The standard InChI is InChI=1S/C79H129N23O25S4/c1-8-9-10-11-12-13-14-15-17-44(80)64(110)86-30-61(107)89-55(34-129)72(118)99-56(35-130)74(120)98-54(32-104)71(117)95-51(27-60(83)106)77(123)102-21-16-18-58(102)75(121)101-63(41(6)7)76(122)100-57(36-131)73(119)93-48(24-42-28-84-37-87-42)67(113)91-47(22-39(2)3)66(112)90-46(19-20-62(108)109)65(111)92-49(25-43-29-85-38-88-43)68(114)97-53(31-103)70(116)94-50(26-59(82)105)69(115)96-52(23-40(4)5)79(125)127-126-78(124)45(81)33-128/h28-29,37-41,44-58,63,103-104,128-131H,8-27,30-36,80-81H2,1-7H3,(H2,82,105)(H2,83,106)(H,84,87)(H,85,88)(H,86,110)(H,89,107)(H,90,112)(H,91,113)(H,92,111)(H,93,119)(H,94,116)(H,95,117)(H,96,115)(H,97,114)(H,98,120)(H,99,118)(H,100,122)(H,101,121)(H,108,109)/t44?,45-,46+,47+,48+,49+,50+,51+,52+,53+,54+,55+,56+,57+,58+,63+/m1/s1. The Morgan fingerprint density at radius 1 is 0.458 bits per heavy atom. The maximum absolute atomic E-state index is 14.7. The molecule has 0 bridgehead atoms. The van der Waals surface area contributed by atoms with Gasteiger partial charge in [0, 0.05) is 72.6 Å². The van der Waals surface area contributed by atoms with Gasteiger partial charge in [-0.25, -0.2) is 29.3 Å². The molecule has 0 saturated carbocycles. The Kier molecular flexibility index (Phi) is 52.5. The van der Waals surface area contributed by atoms with Crippen molar-refractivity contribution in [2.45, 2.75) is 267 Å². The second-order valence-electron chi connectivity index (χ2n) is 32.4. The van der Waals surface area contributed by atoms with E-state index in [1.165, 1.54) is 51.7 Å². The summed E-state index contributed by atoms with van der Waals surface area (Å²) in [6, 6.07) is -25.6. The van der Waals surface area contributed by atoms with Crippen LogP contribution >= 0.6 is 50.5 Å². The molecular formula is C79H129N23O25S4. The van der Waals surface area contributed by atoms with Gasteiger partial charge in [-0.05, 0) is 56.3 Å². The number of nitrogens with two attached hydrogens (primary N) is 4. The number of aliphatic hydroxyl groups is 2. The van der Waals surface area contributed by atoms with E-state index in [1.807, 2.05) is 0 Å². The molecule has 27 N–H and O–H groups in total. The second-order valence-corrected chi connectivity index (χ2v) is 33.9. The normalized spacial score (nSPS) is 15.8. The summed E-state index contributed by atoms with van der Waals surface area (Å²) in [5.41, 5.74) is 23.0. The van der Waals surface area contributed by atoms with Crippen LogP contribution in [0.5, 0.6) is 0 Å². The molecule has 1 saturated heterocycles. The number of hydrogen-bond donors (Lipinski definition) is 27. The van der Waals surface area contributed by atoms with Crippen molar-refractivity contribution in [3.05, 3.63) is 36.4 Å². The molecule has 0 spiro atoms. The molecule has 52 heteroatoms. The van der Waals surface area contributed by atoms with Gasteiger partial charge in [0.05, 0.1) is 51.3 Å². The fourth-order valence-electron chi connectivity index (χ4n) is 13.1. The highest BCUT2D eigenvalue weighted by Crippen LogP contribution is 2.22. The van der Waals surface area contributed by atoms with E-state index in [2.05, 4.69) is 162 Å². The van der Waals surface area contributed by atoms with Crippen molar-refractivity contribution in [3.8, 4) is 0 Å². The van der Waals surface area contributed by atoms with E-state index in [4.69, 9.17) is 22.9 Å². The lowest BCUT2D eigenvalue weighted by molar-refractivity contribution is -0.261. The number of aliphatic hydroxyl groups excluding tert-OH is 2. The average molecular weight is 1930 g/mol. The third-order valence-corrected chi connectivity index (χ3v) is 21.7. The Morgan fingerprint density at radius 3 is 1.32 bits per heavy atom. The molecule has 1 fully saturated rings. The molecule has 2 aromatic heterocycles. The number of aromatic nitrogens is 4. The number of carboxylic acids is 1. The minimum absolute atomic E-state index is 0.0350. The number of unbranched alkanes of at least 4 members (excludes halogenated alkanes) is 7. The number of carbonyl (C=O) groups is 20. The summed E-state index contributed by atoms with van der Waals surface area (Å²) in [6.45, 7) is 8.74. The number of imidazole rings is 2. The van der Waals surface area contributed by atoms with Crippen molar-refractivity contribution in [1.82, 2.24) is 99.3 Å². The van der Waals surface area contributed by atoms with Gasteiger partial charge >= 0.3 is 17.9 Å². The SMILES string of the molecule is CCCCCCCCCCC(N)C(=O)NCC(=O)N[C@@H](CS)C(=O)N[C@@H](CS)C(=O)N[C@@H](CO)C(=O)N[C@@H](CC(N)=O)C(=O)N1CCC[C@H]1C(=O)N[C@H](C(=O)N[C@@H](CS)C(=O)N[C@@H](Cc1cnc[nH]1)C(=O)N[C@@H](CC(C)C)C(=O)N[C@@H](CCC(=O)O)C(=O)N[C@@H](Cc1cnc[nH]1)C(=O)N[C@@H](CO)C(=O)N[C@@H](CC(N)=O)C(=O)N[C@@H](CC(C)C)C(=O)OOC(=O)[C@H](N)CS)C(C)C. The van der Waals surface area contributed by atoms with Crippen LogP contribution in [0.3, 0.4) is 0 Å². The van der Waals surface area contributed by atoms with Crippen LogP contribution in [-0.4, -0.2) is 304 Å². The van der Waals surface area contributed by atoms with E-state index in [1.54, 1.807) is 27.7 Å². The van der Waals surface area contributed by atoms with Crippen LogP contribution in [0.25, 0.3) is 0 Å². The number of hydrogen-bond acceptors (Lipinski definition) is 32. The molecule has 3 rings (SSSR count). The fourth-order valence-corrected chi connectivity index (χ4v) is 14.0. The van der Waals surface area contributed by atoms with Crippen molar-refractivity contribution in [1.29, 1.82) is 0 Å². The maximum Gasteiger partial charge on any atom is 0.377 e. The minimum atomic E-state index is -2.00. The van der Waals surface area contributed by atoms with E-state index in [0.717, 1.165) is 37.0 Å². The Labute approximate surface area is 778 Å². The number of thiol groups is 4. The van der Waals surface area contributed by atoms with Crippen LogP contribution < -0.4 is 97.4 Å². The molecule has 131 heavy (non-hydrogen) atoms. The first-order valence-electron chi connectivity index (χ1n) is 42.8. The first kappa shape index (κ1) is 114. The number of primary amides is 2. The molecule has 1 aliphatic rings. The minimum Gasteiger partial charge on any atom is -0.481 e. The summed E-state index contributed by atoms with van der Waals surface area (Å²) in [7, 11) is 0. The summed E-state index contributed by atoms with van der Waals surface area (Å²) in [6.07, 6.45) is 9.38. The second kappa shape index (κ2) is 60.2. The van der Waals surface area contributed by atoms with Gasteiger partial charge in [-0.1, -0.05) is 99.8 Å². The maximum atomic E-state index is 14.7. The molecular weight excluding hydrogens is 1800 g/mol. The summed E-state index contributed by atoms with van der Waals surface area (Å²) in [5.74, 6) is -24.9. The van der Waals surface area contributed by atoms with Gasteiger partial charge in [-0.15, -0.1) is 0 Å². The molecule has 0 radical (unpaired) electrons. The monoisotopic (exact) mass is 1930 g/mol. The highest BCUT2D eigenvalue weighted by molar-refractivity contribution is 7.80. The summed E-state index contributed by atoms with van der Waals surface area (Å²) < 4.78 is 0. The molecule has 0 aromatic carbocycles. The largest absolute Gasteiger partial charge is 0.481 e. The van der Waals surface area contributed by atoms with E-state index in [0.29, 0.717) is 12.8 Å². The van der Waals surface area contributed by atoms with Crippen molar-refractivity contribution >= 4 is 169 Å². The summed E-state index contributed by atoms with van der Waals surface area (Å²) in [4.78, 5) is 295. The molecule has 734 valence electrons. The predicted octanol–water partition coefficient (Wildman–Crippen LogP) is -7.42. The number of rotatable bonds is 62. The van der Waals surface area contributed by atoms with E-state index >= 15 is 0 Å². The number of likely N-dealkylation sites (tertiary alicyclic amines) is 1. The molecule has 2 aromatic rings. The average Bonchev–Trinajstić information content (AvgIpc) is 1.78. The number of nitrogens with one attached hydrogen (secondary N) is 16. The third-order valence-electron chi connectivity index (χ3n) is 20.2. The van der Waals surface area contributed by atoms with Crippen molar-refractivity contribution in [2.75, 3.05) is 49.3 Å². The van der Waals surface area contributed by atoms with Gasteiger partial charge in [0.15, 0.2) is 0 Å².